The molecule has 1 aromatic rings. The van der Waals surface area contributed by atoms with Crippen molar-refractivity contribution in [2.24, 2.45) is 5.92 Å². The molecule has 2 aliphatic heterocycles. The van der Waals surface area contributed by atoms with Crippen molar-refractivity contribution < 1.29 is 23.9 Å². The van der Waals surface area contributed by atoms with Gasteiger partial charge in [-0.15, -0.1) is 0 Å². The summed E-state index contributed by atoms with van der Waals surface area (Å²) < 4.78 is 12.0. The lowest BCUT2D eigenvalue weighted by Crippen LogP contribution is -2.52. The summed E-state index contributed by atoms with van der Waals surface area (Å²) in [5.74, 6) is 0.672. The van der Waals surface area contributed by atoms with Gasteiger partial charge in [0.25, 0.3) is 5.91 Å². The molecule has 3 amide bonds. The van der Waals surface area contributed by atoms with Crippen LogP contribution in [-0.2, 0) is 20.9 Å². The highest BCUT2D eigenvalue weighted by atomic mass is 16.5. The summed E-state index contributed by atoms with van der Waals surface area (Å²) in [6.07, 6.45) is 10.4. The molecule has 0 aromatic heterocycles. The van der Waals surface area contributed by atoms with E-state index in [0.29, 0.717) is 36.6 Å². The average molecular weight is 484 g/mol. The molecule has 2 N–H and O–H groups in total. The molecule has 1 saturated heterocycles. The second-order valence-electron chi connectivity index (χ2n) is 10.6. The van der Waals surface area contributed by atoms with Gasteiger partial charge in [-0.05, 0) is 87.6 Å². The predicted molar refractivity (Wildman–Crippen MR) is 130 cm³/mol. The van der Waals surface area contributed by atoms with Gasteiger partial charge in [0.15, 0.2) is 0 Å². The molecule has 3 fully saturated rings. The smallest absolute Gasteiger partial charge is 0.255 e. The van der Waals surface area contributed by atoms with Crippen LogP contribution < -0.4 is 15.4 Å². The highest BCUT2D eigenvalue weighted by molar-refractivity contribution is 6.05. The molecule has 1 unspecified atom stereocenters. The van der Waals surface area contributed by atoms with Gasteiger partial charge in [-0.3, -0.25) is 19.7 Å². The maximum atomic E-state index is 13.0. The zero-order chi connectivity index (χ0) is 24.4. The molecule has 8 heteroatoms. The van der Waals surface area contributed by atoms with Crippen molar-refractivity contribution in [2.75, 3.05) is 13.7 Å². The molecule has 2 saturated carbocycles. The van der Waals surface area contributed by atoms with Crippen molar-refractivity contribution >= 4 is 17.7 Å². The molecular weight excluding hydrogens is 446 g/mol. The molecule has 8 nitrogen and oxygen atoms in total. The maximum absolute atomic E-state index is 13.0. The van der Waals surface area contributed by atoms with Crippen molar-refractivity contribution in [3.8, 4) is 5.75 Å². The molecular formula is C27H37N3O5. The standard InChI is InChI=1S/C27H37N3O5/c1-34-19-8-6-17(7-9-19)15-28-22-4-2-3-5-24(22)35-20-10-11-21-18(14-20)16-30(27(21)33)23-12-13-25(31)29-26(23)32/h10-11,14,17,19,22-24,28H,2-9,12-13,15-16H2,1H3,(H,29,31,32)/t17?,19?,22-,23?,24-/m1/s1. The minimum absolute atomic E-state index is 0.112. The maximum Gasteiger partial charge on any atom is 0.255 e. The zero-order valence-electron chi connectivity index (χ0n) is 20.6. The summed E-state index contributed by atoms with van der Waals surface area (Å²) in [5.41, 5.74) is 1.50. The van der Waals surface area contributed by atoms with Crippen LogP contribution >= 0.6 is 0 Å². The van der Waals surface area contributed by atoms with E-state index in [9.17, 15) is 14.4 Å². The van der Waals surface area contributed by atoms with Crippen molar-refractivity contribution in [1.29, 1.82) is 0 Å². The summed E-state index contributed by atoms with van der Waals surface area (Å²) in [7, 11) is 1.81. The first kappa shape index (κ1) is 24.3. The van der Waals surface area contributed by atoms with E-state index in [1.165, 1.54) is 19.3 Å². The molecule has 190 valence electrons. The van der Waals surface area contributed by atoms with E-state index in [4.69, 9.17) is 9.47 Å². The number of amides is 3. The summed E-state index contributed by atoms with van der Waals surface area (Å²) in [6, 6.07) is 5.39. The minimum Gasteiger partial charge on any atom is -0.489 e. The van der Waals surface area contributed by atoms with Crippen molar-refractivity contribution in [3.05, 3.63) is 29.3 Å². The summed E-state index contributed by atoms with van der Waals surface area (Å²) >= 11 is 0. The summed E-state index contributed by atoms with van der Waals surface area (Å²) in [5, 5.41) is 6.17. The van der Waals surface area contributed by atoms with Crippen LogP contribution in [0.5, 0.6) is 5.75 Å². The Balaban J connectivity index is 1.19. The van der Waals surface area contributed by atoms with Gasteiger partial charge in [-0.25, -0.2) is 0 Å². The Hall–Kier alpha value is -2.45. The normalized spacial score (nSPS) is 31.3. The molecule has 0 spiro atoms. The molecule has 2 aliphatic carbocycles. The van der Waals surface area contributed by atoms with Crippen molar-refractivity contribution in [3.63, 3.8) is 0 Å². The van der Waals surface area contributed by atoms with Crippen molar-refractivity contribution in [2.45, 2.75) is 95.0 Å². The molecule has 35 heavy (non-hydrogen) atoms. The quantitative estimate of drug-likeness (QED) is 0.579. The Morgan fingerprint density at radius 3 is 2.60 bits per heavy atom. The predicted octanol–water partition coefficient (Wildman–Crippen LogP) is 2.93. The lowest BCUT2D eigenvalue weighted by Gasteiger charge is -2.35. The van der Waals surface area contributed by atoms with Gasteiger partial charge in [0.2, 0.25) is 11.8 Å². The third-order valence-electron chi connectivity index (χ3n) is 8.28. The Kier molecular flexibility index (Phi) is 7.39. The van der Waals surface area contributed by atoms with Crippen LogP contribution in [0.2, 0.25) is 0 Å². The second kappa shape index (κ2) is 10.7. The molecule has 5 rings (SSSR count). The number of piperidine rings is 1. The number of carbonyl (C=O) groups is 3. The van der Waals surface area contributed by atoms with Crippen LogP contribution in [0.3, 0.4) is 0 Å². The van der Waals surface area contributed by atoms with Gasteiger partial charge >= 0.3 is 0 Å². The Bertz CT molecular complexity index is 958. The van der Waals surface area contributed by atoms with Crippen LogP contribution in [-0.4, -0.2) is 60.6 Å². The number of carbonyl (C=O) groups excluding carboxylic acids is 3. The number of fused-ring (bicyclic) bond motifs is 1. The van der Waals surface area contributed by atoms with Crippen LogP contribution in [0.15, 0.2) is 18.2 Å². The van der Waals surface area contributed by atoms with E-state index in [0.717, 1.165) is 50.0 Å². The third-order valence-corrected chi connectivity index (χ3v) is 8.28. The highest BCUT2D eigenvalue weighted by Gasteiger charge is 2.39. The number of hydrogen-bond acceptors (Lipinski definition) is 6. The SMILES string of the molecule is COC1CCC(CN[C@@H]2CCCC[C@H]2Oc2ccc3c(c2)CN(C2CCC(=O)NC2=O)C3=O)CC1. The fourth-order valence-corrected chi connectivity index (χ4v) is 6.16. The topological polar surface area (TPSA) is 97.0 Å². The number of ether oxygens (including phenoxy) is 2. The number of benzene rings is 1. The Labute approximate surface area is 207 Å². The summed E-state index contributed by atoms with van der Waals surface area (Å²) in [4.78, 5) is 38.3. The zero-order valence-corrected chi connectivity index (χ0v) is 20.6. The number of hydrogen-bond donors (Lipinski definition) is 2. The number of rotatable bonds is 7. The second-order valence-corrected chi connectivity index (χ2v) is 10.6. The fourth-order valence-electron chi connectivity index (χ4n) is 6.16. The van der Waals surface area contributed by atoms with Crippen LogP contribution in [0.4, 0.5) is 0 Å². The number of nitrogens with zero attached hydrogens (tertiary/aromatic N) is 1. The van der Waals surface area contributed by atoms with Crippen LogP contribution in [0.1, 0.15) is 80.1 Å². The molecule has 0 radical (unpaired) electrons. The number of imide groups is 1. The summed E-state index contributed by atoms with van der Waals surface area (Å²) in [6.45, 7) is 1.40. The first-order valence-corrected chi connectivity index (χ1v) is 13.2. The molecule has 2 heterocycles. The lowest BCUT2D eigenvalue weighted by atomic mass is 9.86. The van der Waals surface area contributed by atoms with E-state index in [2.05, 4.69) is 10.6 Å². The first-order chi connectivity index (χ1) is 17.0. The van der Waals surface area contributed by atoms with Crippen molar-refractivity contribution in [1.82, 2.24) is 15.5 Å². The Morgan fingerprint density at radius 2 is 1.83 bits per heavy atom. The van der Waals surface area contributed by atoms with E-state index in [1.807, 2.05) is 25.3 Å². The monoisotopic (exact) mass is 483 g/mol. The van der Waals surface area contributed by atoms with Gasteiger partial charge < -0.3 is 19.7 Å². The minimum atomic E-state index is -0.595. The number of methoxy groups -OCH3 is 1. The van der Waals surface area contributed by atoms with Gasteiger partial charge in [0.1, 0.15) is 17.9 Å². The van der Waals surface area contributed by atoms with E-state index in [1.54, 1.807) is 4.90 Å². The van der Waals surface area contributed by atoms with E-state index >= 15 is 0 Å². The first-order valence-electron chi connectivity index (χ1n) is 13.2. The Morgan fingerprint density at radius 1 is 1.03 bits per heavy atom. The van der Waals surface area contributed by atoms with Crippen LogP contribution in [0.25, 0.3) is 0 Å². The molecule has 1 aromatic carbocycles. The van der Waals surface area contributed by atoms with E-state index < -0.39 is 6.04 Å². The molecule has 3 atom stereocenters. The number of nitrogens with one attached hydrogen (secondary N) is 2. The van der Waals surface area contributed by atoms with E-state index in [-0.39, 0.29) is 30.2 Å². The van der Waals surface area contributed by atoms with Gasteiger partial charge in [0, 0.05) is 31.7 Å². The molecule has 0 bridgehead atoms. The fraction of sp³-hybridized carbons (Fsp3) is 0.667. The van der Waals surface area contributed by atoms with Gasteiger partial charge in [-0.1, -0.05) is 6.42 Å². The van der Waals surface area contributed by atoms with Gasteiger partial charge in [0.05, 0.1) is 6.10 Å². The van der Waals surface area contributed by atoms with Crippen LogP contribution in [0, 0.1) is 5.92 Å². The average Bonchev–Trinajstić information content (AvgIpc) is 3.19. The molecule has 4 aliphatic rings. The highest BCUT2D eigenvalue weighted by Crippen LogP contribution is 2.32. The largest absolute Gasteiger partial charge is 0.489 e. The lowest BCUT2D eigenvalue weighted by molar-refractivity contribution is -0.136. The third kappa shape index (κ3) is 5.38. The van der Waals surface area contributed by atoms with Gasteiger partial charge in [-0.2, -0.15) is 0 Å².